The van der Waals surface area contributed by atoms with E-state index in [-0.39, 0.29) is 12.3 Å². The molecule has 0 heterocycles. The van der Waals surface area contributed by atoms with E-state index in [0.29, 0.717) is 22.9 Å². The molecule has 0 aliphatic rings. The van der Waals surface area contributed by atoms with E-state index in [9.17, 15) is 4.79 Å². The SMILES string of the molecule is C#CC(CC)(CC)NC(=O)Cc1ccc(Cl)c(Cl)c1. The topological polar surface area (TPSA) is 29.1 Å². The quantitative estimate of drug-likeness (QED) is 0.822. The van der Waals surface area contributed by atoms with Crippen LogP contribution >= 0.6 is 23.2 Å². The maximum Gasteiger partial charge on any atom is 0.225 e. The van der Waals surface area contributed by atoms with Crippen molar-refractivity contribution < 1.29 is 4.79 Å². The molecule has 0 fully saturated rings. The Bertz CT molecular complexity index is 501. The van der Waals surface area contributed by atoms with Gasteiger partial charge in [-0.25, -0.2) is 0 Å². The highest BCUT2D eigenvalue weighted by atomic mass is 35.5. The standard InChI is InChI=1S/C15H17Cl2NO/c1-4-15(5-2,6-3)18-14(19)10-11-7-8-12(16)13(17)9-11/h1,7-9H,5-6,10H2,2-3H3,(H,18,19). The van der Waals surface area contributed by atoms with Crippen LogP contribution in [0.25, 0.3) is 0 Å². The van der Waals surface area contributed by atoms with Crippen LogP contribution in [0.15, 0.2) is 18.2 Å². The predicted molar refractivity (Wildman–Crippen MR) is 80.5 cm³/mol. The summed E-state index contributed by atoms with van der Waals surface area (Å²) in [5, 5.41) is 3.83. The van der Waals surface area contributed by atoms with Gasteiger partial charge in [0.2, 0.25) is 5.91 Å². The minimum atomic E-state index is -0.562. The van der Waals surface area contributed by atoms with Crippen LogP contribution in [0.3, 0.4) is 0 Å². The smallest absolute Gasteiger partial charge is 0.225 e. The van der Waals surface area contributed by atoms with Gasteiger partial charge < -0.3 is 5.32 Å². The zero-order chi connectivity index (χ0) is 14.5. The van der Waals surface area contributed by atoms with Gasteiger partial charge in [-0.3, -0.25) is 4.79 Å². The van der Waals surface area contributed by atoms with Crippen molar-refractivity contribution in [1.82, 2.24) is 5.32 Å². The van der Waals surface area contributed by atoms with Crippen molar-refractivity contribution in [2.45, 2.75) is 38.6 Å². The summed E-state index contributed by atoms with van der Waals surface area (Å²) < 4.78 is 0. The number of benzene rings is 1. The fourth-order valence-electron chi connectivity index (χ4n) is 1.81. The summed E-state index contributed by atoms with van der Waals surface area (Å²) in [6.45, 7) is 3.92. The third-order valence-electron chi connectivity index (χ3n) is 3.21. The number of rotatable bonds is 5. The van der Waals surface area contributed by atoms with Crippen molar-refractivity contribution in [2.75, 3.05) is 0 Å². The predicted octanol–water partition coefficient (Wildman–Crippen LogP) is 3.84. The van der Waals surface area contributed by atoms with Gasteiger partial charge in [0.1, 0.15) is 5.54 Å². The van der Waals surface area contributed by atoms with Gasteiger partial charge in [0.05, 0.1) is 16.5 Å². The van der Waals surface area contributed by atoms with E-state index in [1.54, 1.807) is 18.2 Å². The molecule has 1 amide bonds. The van der Waals surface area contributed by atoms with Gasteiger partial charge in [-0.1, -0.05) is 49.0 Å². The molecular weight excluding hydrogens is 281 g/mol. The van der Waals surface area contributed by atoms with Gasteiger partial charge in [-0.05, 0) is 30.5 Å². The number of hydrogen-bond acceptors (Lipinski definition) is 1. The van der Waals surface area contributed by atoms with Crippen molar-refractivity contribution in [3.8, 4) is 12.3 Å². The largest absolute Gasteiger partial charge is 0.340 e. The van der Waals surface area contributed by atoms with E-state index in [0.717, 1.165) is 5.56 Å². The second-order valence-electron chi connectivity index (χ2n) is 4.41. The highest BCUT2D eigenvalue weighted by Gasteiger charge is 2.25. The summed E-state index contributed by atoms with van der Waals surface area (Å²) in [4.78, 5) is 12.0. The van der Waals surface area contributed by atoms with Crippen molar-refractivity contribution in [2.24, 2.45) is 0 Å². The Balaban J connectivity index is 2.75. The second-order valence-corrected chi connectivity index (χ2v) is 5.22. The number of carbonyl (C=O) groups is 1. The van der Waals surface area contributed by atoms with E-state index in [4.69, 9.17) is 29.6 Å². The molecular formula is C15H17Cl2NO. The molecule has 0 radical (unpaired) electrons. The van der Waals surface area contributed by atoms with Crippen LogP contribution in [0.5, 0.6) is 0 Å². The van der Waals surface area contributed by atoms with E-state index in [1.165, 1.54) is 0 Å². The molecule has 2 nitrogen and oxygen atoms in total. The minimum absolute atomic E-state index is 0.111. The molecule has 0 unspecified atom stereocenters. The molecule has 0 bridgehead atoms. The van der Waals surface area contributed by atoms with Gasteiger partial charge in [-0.15, -0.1) is 6.42 Å². The lowest BCUT2D eigenvalue weighted by Crippen LogP contribution is -2.47. The Labute approximate surface area is 124 Å². The Morgan fingerprint density at radius 2 is 1.95 bits per heavy atom. The number of halogens is 2. The van der Waals surface area contributed by atoms with Crippen molar-refractivity contribution in [1.29, 1.82) is 0 Å². The van der Waals surface area contributed by atoms with E-state index < -0.39 is 5.54 Å². The third-order valence-corrected chi connectivity index (χ3v) is 3.95. The molecule has 0 aromatic heterocycles. The molecule has 0 saturated carbocycles. The van der Waals surface area contributed by atoms with Crippen LogP contribution in [0.2, 0.25) is 10.0 Å². The van der Waals surface area contributed by atoms with E-state index in [1.807, 2.05) is 13.8 Å². The first-order chi connectivity index (χ1) is 8.96. The molecule has 0 aliphatic heterocycles. The molecule has 1 N–H and O–H groups in total. The molecule has 0 aliphatic carbocycles. The number of hydrogen-bond donors (Lipinski definition) is 1. The fourth-order valence-corrected chi connectivity index (χ4v) is 2.13. The van der Waals surface area contributed by atoms with Gasteiger partial charge >= 0.3 is 0 Å². The highest BCUT2D eigenvalue weighted by Crippen LogP contribution is 2.23. The zero-order valence-electron chi connectivity index (χ0n) is 11.1. The number of nitrogens with one attached hydrogen (secondary N) is 1. The summed E-state index contributed by atoms with van der Waals surface area (Å²) >= 11 is 11.7. The van der Waals surface area contributed by atoms with Gasteiger partial charge in [-0.2, -0.15) is 0 Å². The van der Waals surface area contributed by atoms with Crippen molar-refractivity contribution in [3.05, 3.63) is 33.8 Å². The van der Waals surface area contributed by atoms with Gasteiger partial charge in [0.25, 0.3) is 0 Å². The summed E-state index contributed by atoms with van der Waals surface area (Å²) in [7, 11) is 0. The van der Waals surface area contributed by atoms with Crippen LogP contribution in [-0.2, 0) is 11.2 Å². The van der Waals surface area contributed by atoms with Crippen LogP contribution in [0, 0.1) is 12.3 Å². The Morgan fingerprint density at radius 3 is 2.42 bits per heavy atom. The molecule has 0 atom stereocenters. The first-order valence-electron chi connectivity index (χ1n) is 6.19. The van der Waals surface area contributed by atoms with Gasteiger partial charge in [0.15, 0.2) is 0 Å². The molecule has 102 valence electrons. The summed E-state index contributed by atoms with van der Waals surface area (Å²) in [5.74, 6) is 2.56. The summed E-state index contributed by atoms with van der Waals surface area (Å²) in [5.41, 5.74) is 0.248. The maximum absolute atomic E-state index is 12.0. The molecule has 19 heavy (non-hydrogen) atoms. The normalized spacial score (nSPS) is 10.9. The summed E-state index contributed by atoms with van der Waals surface area (Å²) in [6.07, 6.45) is 7.15. The molecule has 1 aromatic carbocycles. The Kier molecular flexibility index (Phi) is 5.72. The molecule has 0 saturated heterocycles. The third kappa shape index (κ3) is 4.16. The second kappa shape index (κ2) is 6.84. The molecule has 1 rings (SSSR count). The fraction of sp³-hybridized carbons (Fsp3) is 0.400. The lowest BCUT2D eigenvalue weighted by Gasteiger charge is -2.27. The Hall–Kier alpha value is -1.17. The van der Waals surface area contributed by atoms with Crippen LogP contribution < -0.4 is 5.32 Å². The lowest BCUT2D eigenvalue weighted by molar-refractivity contribution is -0.121. The number of carbonyl (C=O) groups excluding carboxylic acids is 1. The average molecular weight is 298 g/mol. The highest BCUT2D eigenvalue weighted by molar-refractivity contribution is 6.42. The van der Waals surface area contributed by atoms with E-state index >= 15 is 0 Å². The first kappa shape index (κ1) is 15.9. The number of amides is 1. The summed E-state index contributed by atoms with van der Waals surface area (Å²) in [6, 6.07) is 5.16. The molecule has 0 spiro atoms. The first-order valence-corrected chi connectivity index (χ1v) is 6.94. The van der Waals surface area contributed by atoms with Crippen LogP contribution in [-0.4, -0.2) is 11.4 Å². The molecule has 1 aromatic rings. The zero-order valence-corrected chi connectivity index (χ0v) is 12.6. The van der Waals surface area contributed by atoms with Gasteiger partial charge in [0, 0.05) is 0 Å². The number of terminal acetylenes is 1. The van der Waals surface area contributed by atoms with Crippen molar-refractivity contribution >= 4 is 29.1 Å². The van der Waals surface area contributed by atoms with Crippen molar-refractivity contribution in [3.63, 3.8) is 0 Å². The minimum Gasteiger partial charge on any atom is -0.340 e. The van der Waals surface area contributed by atoms with E-state index in [2.05, 4.69) is 11.2 Å². The lowest BCUT2D eigenvalue weighted by atomic mass is 9.93. The Morgan fingerprint density at radius 1 is 1.32 bits per heavy atom. The molecule has 4 heteroatoms. The average Bonchev–Trinajstić information content (AvgIpc) is 2.40. The monoisotopic (exact) mass is 297 g/mol. The van der Waals surface area contributed by atoms with Crippen LogP contribution in [0.4, 0.5) is 0 Å². The van der Waals surface area contributed by atoms with Crippen LogP contribution in [0.1, 0.15) is 32.3 Å². The maximum atomic E-state index is 12.0.